The highest BCUT2D eigenvalue weighted by Crippen LogP contribution is 2.60. The lowest BCUT2D eigenvalue weighted by atomic mass is 9.49. The fourth-order valence-electron chi connectivity index (χ4n) is 7.03. The molecule has 1 saturated heterocycles. The molecule has 0 spiro atoms. The monoisotopic (exact) mass is 498 g/mol. The van der Waals surface area contributed by atoms with Crippen LogP contribution in [0.2, 0.25) is 5.02 Å². The lowest BCUT2D eigenvalue weighted by Crippen LogP contribution is -2.58. The zero-order chi connectivity index (χ0) is 24.3. The number of amides is 2. The minimum atomic E-state index is -4.50. The summed E-state index contributed by atoms with van der Waals surface area (Å²) in [5, 5.41) is 2.96. The second kappa shape index (κ2) is 8.57. The van der Waals surface area contributed by atoms with Crippen molar-refractivity contribution in [2.45, 2.75) is 57.7 Å². The first-order valence-corrected chi connectivity index (χ1v) is 12.5. The first-order valence-electron chi connectivity index (χ1n) is 12.1. The molecule has 5 aliphatic rings. The molecule has 2 heterocycles. The van der Waals surface area contributed by atoms with Crippen molar-refractivity contribution in [2.75, 3.05) is 31.1 Å². The average molecular weight is 499 g/mol. The van der Waals surface area contributed by atoms with Crippen LogP contribution in [0.1, 0.15) is 51.0 Å². The Kier molecular flexibility index (Phi) is 5.97. The summed E-state index contributed by atoms with van der Waals surface area (Å²) < 4.78 is 38.6. The Bertz CT molecular complexity index is 942. The van der Waals surface area contributed by atoms with Gasteiger partial charge in [0.1, 0.15) is 11.9 Å². The highest BCUT2D eigenvalue weighted by Gasteiger charge is 2.54. The number of halogens is 4. The van der Waals surface area contributed by atoms with Crippen LogP contribution < -0.4 is 10.2 Å². The maximum atomic E-state index is 13.3. The van der Waals surface area contributed by atoms with Crippen molar-refractivity contribution in [3.05, 3.63) is 22.8 Å². The molecule has 1 atom stereocenters. The standard InChI is InChI=1S/C24H30ClF3N4O2/c1-14(30-22(34)23-10-15-6-16(11-23)8-17(7-15)12-23)21(33)32-4-2-31(3-5-32)20-19(25)9-18(13-29-20)24(26,27)28/h9,13-17H,2-8,10-12H2,1H3,(H,30,34)/t14-,15?,16?,17?,23?/m1/s1. The van der Waals surface area contributed by atoms with Crippen LogP contribution in [0.5, 0.6) is 0 Å². The van der Waals surface area contributed by atoms with Gasteiger partial charge in [-0.1, -0.05) is 11.6 Å². The van der Waals surface area contributed by atoms with E-state index < -0.39 is 17.8 Å². The number of pyridine rings is 1. The summed E-state index contributed by atoms with van der Waals surface area (Å²) in [4.78, 5) is 33.7. The number of hydrogen-bond acceptors (Lipinski definition) is 4. The van der Waals surface area contributed by atoms with Crippen molar-refractivity contribution in [1.82, 2.24) is 15.2 Å². The number of alkyl halides is 3. The predicted molar refractivity (Wildman–Crippen MR) is 121 cm³/mol. The van der Waals surface area contributed by atoms with E-state index in [0.29, 0.717) is 43.9 Å². The number of nitrogens with zero attached hydrogens (tertiary/aromatic N) is 3. The van der Waals surface area contributed by atoms with E-state index in [1.54, 1.807) is 16.7 Å². The number of rotatable bonds is 4. The molecule has 2 amide bonds. The second-order valence-corrected chi connectivity index (χ2v) is 11.1. The molecule has 1 aromatic heterocycles. The molecule has 34 heavy (non-hydrogen) atoms. The molecular formula is C24H30ClF3N4O2. The van der Waals surface area contributed by atoms with Gasteiger partial charge in [0.25, 0.3) is 0 Å². The number of nitrogens with one attached hydrogen (secondary N) is 1. The van der Waals surface area contributed by atoms with Crippen LogP contribution in [0.25, 0.3) is 0 Å². The fourth-order valence-corrected chi connectivity index (χ4v) is 7.32. The Morgan fingerprint density at radius 1 is 1.09 bits per heavy atom. The normalized spacial score (nSPS) is 31.5. The van der Waals surface area contributed by atoms with Gasteiger partial charge >= 0.3 is 6.18 Å². The van der Waals surface area contributed by atoms with Gasteiger partial charge in [0, 0.05) is 37.8 Å². The molecule has 1 aliphatic heterocycles. The molecule has 186 valence electrons. The van der Waals surface area contributed by atoms with E-state index in [-0.39, 0.29) is 28.1 Å². The first kappa shape index (κ1) is 23.7. The van der Waals surface area contributed by atoms with Gasteiger partial charge in [-0.15, -0.1) is 0 Å². The number of piperazine rings is 1. The van der Waals surface area contributed by atoms with Crippen molar-refractivity contribution in [3.8, 4) is 0 Å². The first-order chi connectivity index (χ1) is 16.0. The summed E-state index contributed by atoms with van der Waals surface area (Å²) in [6.07, 6.45) is 2.88. The smallest absolute Gasteiger partial charge is 0.352 e. The summed E-state index contributed by atoms with van der Waals surface area (Å²) in [6, 6.07) is 0.267. The third kappa shape index (κ3) is 4.36. The van der Waals surface area contributed by atoms with Crippen molar-refractivity contribution >= 4 is 29.2 Å². The molecule has 5 fully saturated rings. The van der Waals surface area contributed by atoms with Gasteiger partial charge in [0.15, 0.2) is 0 Å². The van der Waals surface area contributed by atoms with Crippen LogP contribution in [0.3, 0.4) is 0 Å². The van der Waals surface area contributed by atoms with Crippen LogP contribution in [0.4, 0.5) is 19.0 Å². The number of carbonyl (C=O) groups is 2. The molecule has 0 aromatic carbocycles. The minimum absolute atomic E-state index is 0.0341. The lowest BCUT2D eigenvalue weighted by molar-refractivity contribution is -0.149. The highest BCUT2D eigenvalue weighted by molar-refractivity contribution is 6.33. The largest absolute Gasteiger partial charge is 0.417 e. The molecule has 1 aromatic rings. The molecule has 10 heteroatoms. The van der Waals surface area contributed by atoms with Crippen molar-refractivity contribution in [1.29, 1.82) is 0 Å². The minimum Gasteiger partial charge on any atom is -0.352 e. The molecular weight excluding hydrogens is 469 g/mol. The Morgan fingerprint density at radius 3 is 2.15 bits per heavy atom. The summed E-state index contributed by atoms with van der Waals surface area (Å²) in [6.45, 7) is 3.31. The van der Waals surface area contributed by atoms with Crippen LogP contribution in [0, 0.1) is 23.2 Å². The van der Waals surface area contributed by atoms with Crippen LogP contribution in [0.15, 0.2) is 12.3 Å². The number of anilines is 1. The summed E-state index contributed by atoms with van der Waals surface area (Å²) in [5.41, 5.74) is -1.19. The third-order valence-corrected chi connectivity index (χ3v) is 8.56. The quantitative estimate of drug-likeness (QED) is 0.678. The molecule has 1 N–H and O–H groups in total. The van der Waals surface area contributed by atoms with Crippen LogP contribution in [-0.2, 0) is 15.8 Å². The Balaban J connectivity index is 1.16. The van der Waals surface area contributed by atoms with E-state index in [9.17, 15) is 22.8 Å². The van der Waals surface area contributed by atoms with Gasteiger partial charge in [0.05, 0.1) is 10.6 Å². The average Bonchev–Trinajstić information content (AvgIpc) is 2.77. The number of hydrogen-bond donors (Lipinski definition) is 1. The van der Waals surface area contributed by atoms with Gasteiger partial charge in [-0.25, -0.2) is 4.98 Å². The fraction of sp³-hybridized carbons (Fsp3) is 0.708. The highest BCUT2D eigenvalue weighted by atomic mass is 35.5. The molecule has 6 nitrogen and oxygen atoms in total. The zero-order valence-electron chi connectivity index (χ0n) is 19.2. The summed E-state index contributed by atoms with van der Waals surface area (Å²) in [5.74, 6) is 2.14. The van der Waals surface area contributed by atoms with Crippen molar-refractivity contribution < 1.29 is 22.8 Å². The van der Waals surface area contributed by atoms with Gasteiger partial charge < -0.3 is 15.1 Å². The van der Waals surface area contributed by atoms with Gasteiger partial charge in [-0.2, -0.15) is 13.2 Å². The van der Waals surface area contributed by atoms with Gasteiger partial charge in [-0.3, -0.25) is 9.59 Å². The lowest BCUT2D eigenvalue weighted by Gasteiger charge is -2.55. The van der Waals surface area contributed by atoms with E-state index >= 15 is 0 Å². The zero-order valence-corrected chi connectivity index (χ0v) is 20.0. The topological polar surface area (TPSA) is 65.5 Å². The molecule has 0 unspecified atom stereocenters. The van der Waals surface area contributed by atoms with E-state index in [1.165, 1.54) is 19.3 Å². The Hall–Kier alpha value is -2.03. The molecule has 4 bridgehead atoms. The van der Waals surface area contributed by atoms with Crippen LogP contribution in [-0.4, -0.2) is 53.9 Å². The van der Waals surface area contributed by atoms with Crippen molar-refractivity contribution in [2.24, 2.45) is 23.2 Å². The molecule has 6 rings (SSSR count). The van der Waals surface area contributed by atoms with E-state index in [4.69, 9.17) is 11.6 Å². The van der Waals surface area contributed by atoms with Gasteiger partial charge in [-0.05, 0) is 69.3 Å². The van der Waals surface area contributed by atoms with Crippen molar-refractivity contribution in [3.63, 3.8) is 0 Å². The predicted octanol–water partition coefficient (Wildman–Crippen LogP) is 4.12. The van der Waals surface area contributed by atoms with E-state index in [1.807, 2.05) is 0 Å². The third-order valence-electron chi connectivity index (χ3n) is 8.28. The molecule has 4 aliphatic carbocycles. The van der Waals surface area contributed by atoms with Gasteiger partial charge in [0.2, 0.25) is 11.8 Å². The molecule has 0 radical (unpaired) electrons. The van der Waals surface area contributed by atoms with E-state index in [2.05, 4.69) is 10.3 Å². The maximum absolute atomic E-state index is 13.3. The summed E-state index contributed by atoms with van der Waals surface area (Å²) >= 11 is 6.07. The maximum Gasteiger partial charge on any atom is 0.417 e. The Morgan fingerprint density at radius 2 is 1.65 bits per heavy atom. The second-order valence-electron chi connectivity index (χ2n) is 10.7. The van der Waals surface area contributed by atoms with Crippen LogP contribution >= 0.6 is 11.6 Å². The summed E-state index contributed by atoms with van der Waals surface area (Å²) in [7, 11) is 0. The number of carbonyl (C=O) groups excluding carboxylic acids is 2. The van der Waals surface area contributed by atoms with E-state index in [0.717, 1.165) is 31.5 Å². The molecule has 4 saturated carbocycles. The SMILES string of the molecule is C[C@@H](NC(=O)C12CC3CC(CC(C3)C1)C2)C(=O)N1CCN(c2ncc(C(F)(F)F)cc2Cl)CC1. The number of aromatic nitrogens is 1. The Labute approximate surface area is 202 Å².